The van der Waals surface area contributed by atoms with E-state index < -0.39 is 0 Å². The van der Waals surface area contributed by atoms with E-state index in [4.69, 9.17) is 4.74 Å². The Labute approximate surface area is 81.9 Å². The second-order valence-electron chi connectivity index (χ2n) is 4.13. The van der Waals surface area contributed by atoms with E-state index in [1.807, 2.05) is 13.2 Å². The molecule has 4 nitrogen and oxygen atoms in total. The summed E-state index contributed by atoms with van der Waals surface area (Å²) in [6.45, 7) is 1.52. The fraction of sp³-hybridized carbons (Fsp3) is 0.600. The molecule has 1 aromatic rings. The van der Waals surface area contributed by atoms with Crippen LogP contribution in [-0.2, 0) is 11.8 Å². The van der Waals surface area contributed by atoms with Crippen LogP contribution >= 0.6 is 0 Å². The summed E-state index contributed by atoms with van der Waals surface area (Å²) in [5.74, 6) is 1.34. The number of aromatic nitrogens is 2. The van der Waals surface area contributed by atoms with Crippen molar-refractivity contribution in [2.24, 2.45) is 24.8 Å². The molecule has 2 atom stereocenters. The Hall–Kier alpha value is -1.16. The summed E-state index contributed by atoms with van der Waals surface area (Å²) in [6.07, 6.45) is 1.81. The molecule has 2 heterocycles. The highest BCUT2D eigenvalue weighted by Gasteiger charge is 2.58. The number of carbonyl (C=O) groups is 1. The van der Waals surface area contributed by atoms with Gasteiger partial charge in [0.25, 0.3) is 0 Å². The van der Waals surface area contributed by atoms with Gasteiger partial charge in [0.2, 0.25) is 0 Å². The third-order valence-electron chi connectivity index (χ3n) is 3.22. The van der Waals surface area contributed by atoms with Gasteiger partial charge in [0, 0.05) is 19.2 Å². The molecular formula is C10H12N2O2. The normalized spacial score (nSPS) is 34.2. The number of ether oxygens (including phenoxy) is 1. The molecule has 1 aromatic heterocycles. The molecule has 0 spiro atoms. The maximum atomic E-state index is 11.9. The van der Waals surface area contributed by atoms with Gasteiger partial charge < -0.3 is 4.74 Å². The maximum Gasteiger partial charge on any atom is 0.186 e. The van der Waals surface area contributed by atoms with Crippen molar-refractivity contribution in [2.45, 2.75) is 0 Å². The summed E-state index contributed by atoms with van der Waals surface area (Å²) in [5.41, 5.74) is 0.604. The lowest BCUT2D eigenvalue weighted by atomic mass is 10.1. The summed E-state index contributed by atoms with van der Waals surface area (Å²) in [4.78, 5) is 11.9. The van der Waals surface area contributed by atoms with E-state index in [1.165, 1.54) is 0 Å². The first-order valence-corrected chi connectivity index (χ1v) is 4.89. The fourth-order valence-corrected chi connectivity index (χ4v) is 2.35. The highest BCUT2D eigenvalue weighted by atomic mass is 16.5. The van der Waals surface area contributed by atoms with Gasteiger partial charge >= 0.3 is 0 Å². The zero-order valence-electron chi connectivity index (χ0n) is 8.01. The predicted molar refractivity (Wildman–Crippen MR) is 48.8 cm³/mol. The smallest absolute Gasteiger partial charge is 0.186 e. The highest BCUT2D eigenvalue weighted by Crippen LogP contribution is 2.51. The summed E-state index contributed by atoms with van der Waals surface area (Å²) < 4.78 is 6.92. The van der Waals surface area contributed by atoms with E-state index in [-0.39, 0.29) is 11.7 Å². The molecule has 3 rings (SSSR count). The predicted octanol–water partition coefficient (Wildman–Crippen LogP) is 0.495. The average Bonchev–Trinajstić information content (AvgIpc) is 2.56. The van der Waals surface area contributed by atoms with Gasteiger partial charge in [-0.3, -0.25) is 9.48 Å². The number of ketones is 1. The molecule has 2 aliphatic rings. The SMILES string of the molecule is Cn1ccc(C(=O)C2C3COCC32)n1. The molecule has 1 saturated carbocycles. The minimum Gasteiger partial charge on any atom is -0.381 e. The zero-order chi connectivity index (χ0) is 9.71. The topological polar surface area (TPSA) is 44.1 Å². The molecule has 1 aliphatic carbocycles. The molecule has 0 amide bonds. The monoisotopic (exact) mass is 192 g/mol. The van der Waals surface area contributed by atoms with Crippen molar-refractivity contribution >= 4 is 5.78 Å². The Morgan fingerprint density at radius 1 is 1.57 bits per heavy atom. The van der Waals surface area contributed by atoms with E-state index in [0.29, 0.717) is 17.5 Å². The van der Waals surface area contributed by atoms with Gasteiger partial charge in [-0.25, -0.2) is 0 Å². The first-order chi connectivity index (χ1) is 6.77. The minimum absolute atomic E-state index is 0.193. The van der Waals surface area contributed by atoms with Crippen LogP contribution < -0.4 is 0 Å². The van der Waals surface area contributed by atoms with Crippen molar-refractivity contribution in [3.05, 3.63) is 18.0 Å². The Balaban J connectivity index is 1.78. The van der Waals surface area contributed by atoms with Crippen molar-refractivity contribution in [3.63, 3.8) is 0 Å². The first-order valence-electron chi connectivity index (χ1n) is 4.89. The Morgan fingerprint density at radius 3 is 2.86 bits per heavy atom. The number of aryl methyl sites for hydroxylation is 1. The lowest BCUT2D eigenvalue weighted by Gasteiger charge is -2.00. The molecule has 0 aromatic carbocycles. The molecule has 0 bridgehead atoms. The minimum atomic E-state index is 0.193. The quantitative estimate of drug-likeness (QED) is 0.641. The Bertz CT molecular complexity index is 375. The van der Waals surface area contributed by atoms with E-state index in [2.05, 4.69) is 5.10 Å². The molecule has 4 heteroatoms. The van der Waals surface area contributed by atoms with Crippen LogP contribution in [0.2, 0.25) is 0 Å². The third kappa shape index (κ3) is 1.04. The number of rotatable bonds is 2. The van der Waals surface area contributed by atoms with Gasteiger partial charge in [0.15, 0.2) is 5.78 Å². The van der Waals surface area contributed by atoms with Crippen molar-refractivity contribution in [1.82, 2.24) is 9.78 Å². The maximum absolute atomic E-state index is 11.9. The molecule has 1 aliphatic heterocycles. The number of Topliss-reactive ketones (excluding diaryl/α,β-unsaturated/α-hetero) is 1. The van der Waals surface area contributed by atoms with Crippen LogP contribution in [0.4, 0.5) is 0 Å². The summed E-state index contributed by atoms with van der Waals surface area (Å²) in [5, 5.41) is 4.13. The van der Waals surface area contributed by atoms with Gasteiger partial charge in [-0.15, -0.1) is 0 Å². The molecule has 14 heavy (non-hydrogen) atoms. The van der Waals surface area contributed by atoms with E-state index in [0.717, 1.165) is 13.2 Å². The van der Waals surface area contributed by atoms with Crippen molar-refractivity contribution < 1.29 is 9.53 Å². The number of nitrogens with zero attached hydrogens (tertiary/aromatic N) is 2. The molecule has 74 valence electrons. The number of fused-ring (bicyclic) bond motifs is 1. The molecule has 0 radical (unpaired) electrons. The van der Waals surface area contributed by atoms with Crippen LogP contribution in [-0.4, -0.2) is 28.8 Å². The first kappa shape index (κ1) is 8.17. The van der Waals surface area contributed by atoms with Crippen LogP contribution in [0.3, 0.4) is 0 Å². The molecule has 1 saturated heterocycles. The second kappa shape index (κ2) is 2.67. The largest absolute Gasteiger partial charge is 0.381 e. The lowest BCUT2D eigenvalue weighted by molar-refractivity contribution is 0.0888. The summed E-state index contributed by atoms with van der Waals surface area (Å²) in [7, 11) is 1.83. The summed E-state index contributed by atoms with van der Waals surface area (Å²) >= 11 is 0. The van der Waals surface area contributed by atoms with Crippen LogP contribution in [0.5, 0.6) is 0 Å². The van der Waals surface area contributed by atoms with Crippen LogP contribution in [0.25, 0.3) is 0 Å². The number of hydrogen-bond donors (Lipinski definition) is 0. The standard InChI is InChI=1S/C10H12N2O2/c1-12-3-2-8(11-12)10(13)9-6-4-14-5-7(6)9/h2-3,6-7,9H,4-5H2,1H3. The van der Waals surface area contributed by atoms with Crippen molar-refractivity contribution in [3.8, 4) is 0 Å². The third-order valence-corrected chi connectivity index (χ3v) is 3.22. The Morgan fingerprint density at radius 2 is 2.29 bits per heavy atom. The lowest BCUT2D eigenvalue weighted by Crippen LogP contribution is -2.10. The van der Waals surface area contributed by atoms with E-state index in [9.17, 15) is 4.79 Å². The molecule has 0 N–H and O–H groups in total. The van der Waals surface area contributed by atoms with Gasteiger partial charge in [-0.2, -0.15) is 5.10 Å². The summed E-state index contributed by atoms with van der Waals surface area (Å²) in [6, 6.07) is 1.79. The second-order valence-corrected chi connectivity index (χ2v) is 4.13. The highest BCUT2D eigenvalue weighted by molar-refractivity contribution is 5.98. The fourth-order valence-electron chi connectivity index (χ4n) is 2.35. The van der Waals surface area contributed by atoms with Gasteiger partial charge in [-0.1, -0.05) is 0 Å². The van der Waals surface area contributed by atoms with Gasteiger partial charge in [-0.05, 0) is 17.9 Å². The average molecular weight is 192 g/mol. The van der Waals surface area contributed by atoms with Crippen molar-refractivity contribution in [1.29, 1.82) is 0 Å². The van der Waals surface area contributed by atoms with Crippen molar-refractivity contribution in [2.75, 3.05) is 13.2 Å². The van der Waals surface area contributed by atoms with E-state index in [1.54, 1.807) is 10.7 Å². The van der Waals surface area contributed by atoms with Gasteiger partial charge in [0.05, 0.1) is 13.2 Å². The molecule has 2 fully saturated rings. The van der Waals surface area contributed by atoms with Crippen LogP contribution in [0.1, 0.15) is 10.5 Å². The number of hydrogen-bond acceptors (Lipinski definition) is 3. The van der Waals surface area contributed by atoms with Crippen LogP contribution in [0.15, 0.2) is 12.3 Å². The Kier molecular flexibility index (Phi) is 1.56. The van der Waals surface area contributed by atoms with Gasteiger partial charge in [0.1, 0.15) is 5.69 Å². The van der Waals surface area contributed by atoms with E-state index >= 15 is 0 Å². The van der Waals surface area contributed by atoms with Crippen LogP contribution in [0, 0.1) is 17.8 Å². The molecule has 2 unspecified atom stereocenters. The number of carbonyl (C=O) groups excluding carboxylic acids is 1. The zero-order valence-corrected chi connectivity index (χ0v) is 8.01. The molecular weight excluding hydrogens is 180 g/mol.